The lowest BCUT2D eigenvalue weighted by Crippen LogP contribution is -2.01. The molecule has 4 heteroatoms. The van der Waals surface area contributed by atoms with Crippen molar-refractivity contribution < 1.29 is 9.18 Å². The third-order valence-corrected chi connectivity index (χ3v) is 1.64. The Hall–Kier alpha value is -2.20. The predicted molar refractivity (Wildman–Crippen MR) is 45.7 cm³/mol. The number of benzene rings is 1. The van der Waals surface area contributed by atoms with E-state index in [-0.39, 0.29) is 17.5 Å². The maximum absolute atomic E-state index is 13.1. The molecule has 1 aromatic carbocycles. The van der Waals surface area contributed by atoms with Crippen LogP contribution >= 0.6 is 0 Å². The molecule has 14 heavy (non-hydrogen) atoms. The summed E-state index contributed by atoms with van der Waals surface area (Å²) in [6.07, 6.45) is -0.358. The lowest BCUT2D eigenvalue weighted by molar-refractivity contribution is 0.0994. The second kappa shape index (κ2) is 4.15. The first-order chi connectivity index (χ1) is 6.69. The number of carbonyl (C=O) groups excluding carboxylic acids is 1. The molecular weight excluding hydrogens is 183 g/mol. The fraction of sp³-hybridized carbons (Fsp3) is 0.100. The summed E-state index contributed by atoms with van der Waals surface area (Å²) in [7, 11) is 0. The molecule has 0 radical (unpaired) electrons. The standard InChI is InChI=1S/C10H5FN2O/c11-9-5-7(6-13)1-2-8(9)10(14)3-4-12/h1-2,5H,3H2. The highest BCUT2D eigenvalue weighted by atomic mass is 19.1. The fourth-order valence-electron chi connectivity index (χ4n) is 0.978. The normalized spacial score (nSPS) is 8.79. The van der Waals surface area contributed by atoms with Gasteiger partial charge in [0, 0.05) is 0 Å². The molecule has 1 rings (SSSR count). The molecule has 0 saturated heterocycles. The van der Waals surface area contributed by atoms with Gasteiger partial charge in [-0.25, -0.2) is 4.39 Å². The zero-order valence-electron chi connectivity index (χ0n) is 7.12. The number of nitriles is 2. The van der Waals surface area contributed by atoms with Gasteiger partial charge in [0.05, 0.1) is 29.7 Å². The third-order valence-electron chi connectivity index (χ3n) is 1.64. The Kier molecular flexibility index (Phi) is 2.93. The van der Waals surface area contributed by atoms with Crippen molar-refractivity contribution in [2.75, 3.05) is 0 Å². The number of nitrogens with zero attached hydrogens (tertiary/aromatic N) is 2. The van der Waals surface area contributed by atoms with Crippen LogP contribution in [0.1, 0.15) is 22.3 Å². The zero-order valence-corrected chi connectivity index (χ0v) is 7.12. The summed E-state index contributed by atoms with van der Waals surface area (Å²) in [5.74, 6) is -1.33. The van der Waals surface area contributed by atoms with Gasteiger partial charge in [0.15, 0.2) is 5.78 Å². The molecule has 0 bridgehead atoms. The molecule has 68 valence electrons. The molecule has 1 aromatic rings. The molecule has 0 aliphatic heterocycles. The number of ketones is 1. The minimum absolute atomic E-state index is 0.148. The maximum atomic E-state index is 13.1. The molecule has 0 saturated carbocycles. The number of Topliss-reactive ketones (excluding diaryl/α,β-unsaturated/α-hetero) is 1. The molecule has 0 N–H and O–H groups in total. The van der Waals surface area contributed by atoms with E-state index in [9.17, 15) is 9.18 Å². The van der Waals surface area contributed by atoms with E-state index in [1.165, 1.54) is 12.1 Å². The molecule has 0 spiro atoms. The van der Waals surface area contributed by atoms with Crippen molar-refractivity contribution in [1.82, 2.24) is 0 Å². The van der Waals surface area contributed by atoms with Crippen molar-refractivity contribution >= 4 is 5.78 Å². The summed E-state index contributed by atoms with van der Waals surface area (Å²) in [6, 6.07) is 6.92. The van der Waals surface area contributed by atoms with E-state index in [1.54, 1.807) is 12.1 Å². The molecule has 0 aliphatic carbocycles. The Morgan fingerprint density at radius 1 is 1.43 bits per heavy atom. The molecule has 0 unspecified atom stereocenters. The molecule has 0 atom stereocenters. The van der Waals surface area contributed by atoms with Crippen LogP contribution in [-0.2, 0) is 0 Å². The Morgan fingerprint density at radius 2 is 2.14 bits per heavy atom. The van der Waals surface area contributed by atoms with Gasteiger partial charge in [0.1, 0.15) is 5.82 Å². The smallest absolute Gasteiger partial charge is 0.179 e. The summed E-state index contributed by atoms with van der Waals surface area (Å²) in [6.45, 7) is 0. The second-order valence-electron chi connectivity index (χ2n) is 2.56. The minimum Gasteiger partial charge on any atom is -0.293 e. The quantitative estimate of drug-likeness (QED) is 0.664. The number of hydrogen-bond donors (Lipinski definition) is 0. The van der Waals surface area contributed by atoms with Crippen LogP contribution in [0, 0.1) is 28.5 Å². The molecule has 0 fully saturated rings. The zero-order chi connectivity index (χ0) is 10.6. The highest BCUT2D eigenvalue weighted by Gasteiger charge is 2.11. The second-order valence-corrected chi connectivity index (χ2v) is 2.56. The summed E-state index contributed by atoms with van der Waals surface area (Å²) in [4.78, 5) is 11.1. The Balaban J connectivity index is 3.09. The van der Waals surface area contributed by atoms with Crippen LogP contribution in [-0.4, -0.2) is 5.78 Å². The van der Waals surface area contributed by atoms with E-state index in [2.05, 4.69) is 0 Å². The largest absolute Gasteiger partial charge is 0.293 e. The van der Waals surface area contributed by atoms with Crippen LogP contribution in [0.5, 0.6) is 0 Å². The first kappa shape index (κ1) is 9.88. The maximum Gasteiger partial charge on any atom is 0.179 e. The molecule has 0 heterocycles. The van der Waals surface area contributed by atoms with E-state index < -0.39 is 11.6 Å². The lowest BCUT2D eigenvalue weighted by Gasteiger charge is -1.98. The monoisotopic (exact) mass is 188 g/mol. The number of carbonyl (C=O) groups is 1. The summed E-state index contributed by atoms with van der Waals surface area (Å²) in [5, 5.41) is 16.7. The Labute approximate surface area is 80.0 Å². The van der Waals surface area contributed by atoms with Gasteiger partial charge in [-0.2, -0.15) is 10.5 Å². The number of hydrogen-bond acceptors (Lipinski definition) is 3. The Morgan fingerprint density at radius 3 is 2.64 bits per heavy atom. The van der Waals surface area contributed by atoms with Gasteiger partial charge in [-0.05, 0) is 18.2 Å². The van der Waals surface area contributed by atoms with Crippen LogP contribution in [0.15, 0.2) is 18.2 Å². The third kappa shape index (κ3) is 1.94. The molecule has 3 nitrogen and oxygen atoms in total. The average molecular weight is 188 g/mol. The minimum atomic E-state index is -0.760. The van der Waals surface area contributed by atoms with Crippen molar-refractivity contribution in [2.45, 2.75) is 6.42 Å². The van der Waals surface area contributed by atoms with Gasteiger partial charge in [-0.1, -0.05) is 0 Å². The van der Waals surface area contributed by atoms with Crippen molar-refractivity contribution in [3.8, 4) is 12.1 Å². The van der Waals surface area contributed by atoms with Crippen molar-refractivity contribution in [3.05, 3.63) is 35.1 Å². The number of halogens is 1. The van der Waals surface area contributed by atoms with Gasteiger partial charge in [0.25, 0.3) is 0 Å². The Bertz CT molecular complexity index is 454. The summed E-state index contributed by atoms with van der Waals surface area (Å²) >= 11 is 0. The van der Waals surface area contributed by atoms with Gasteiger partial charge in [-0.15, -0.1) is 0 Å². The SMILES string of the molecule is N#CCC(=O)c1ccc(C#N)cc1F. The molecule has 0 aromatic heterocycles. The lowest BCUT2D eigenvalue weighted by atomic mass is 10.1. The summed E-state index contributed by atoms with van der Waals surface area (Å²) < 4.78 is 13.1. The average Bonchev–Trinajstić information content (AvgIpc) is 2.17. The van der Waals surface area contributed by atoms with Crippen LogP contribution in [0.2, 0.25) is 0 Å². The fourth-order valence-corrected chi connectivity index (χ4v) is 0.978. The van der Waals surface area contributed by atoms with Gasteiger partial charge in [-0.3, -0.25) is 4.79 Å². The van der Waals surface area contributed by atoms with Crippen molar-refractivity contribution in [2.24, 2.45) is 0 Å². The molecule has 0 aliphatic rings. The highest BCUT2D eigenvalue weighted by Crippen LogP contribution is 2.11. The van der Waals surface area contributed by atoms with E-state index >= 15 is 0 Å². The highest BCUT2D eigenvalue weighted by molar-refractivity contribution is 5.97. The summed E-state index contributed by atoms with van der Waals surface area (Å²) in [5.41, 5.74) is 0.00144. The van der Waals surface area contributed by atoms with Crippen LogP contribution in [0.25, 0.3) is 0 Å². The van der Waals surface area contributed by atoms with E-state index in [0.29, 0.717) is 0 Å². The van der Waals surface area contributed by atoms with Gasteiger partial charge < -0.3 is 0 Å². The van der Waals surface area contributed by atoms with Crippen LogP contribution in [0.4, 0.5) is 4.39 Å². The molecule has 0 amide bonds. The topological polar surface area (TPSA) is 64.7 Å². The van der Waals surface area contributed by atoms with Crippen molar-refractivity contribution in [1.29, 1.82) is 10.5 Å². The molecular formula is C10H5FN2O. The van der Waals surface area contributed by atoms with Gasteiger partial charge in [0.2, 0.25) is 0 Å². The van der Waals surface area contributed by atoms with Gasteiger partial charge >= 0.3 is 0 Å². The van der Waals surface area contributed by atoms with Crippen LogP contribution < -0.4 is 0 Å². The van der Waals surface area contributed by atoms with E-state index in [4.69, 9.17) is 10.5 Å². The number of rotatable bonds is 2. The van der Waals surface area contributed by atoms with E-state index in [0.717, 1.165) is 6.07 Å². The first-order valence-corrected chi connectivity index (χ1v) is 3.79. The van der Waals surface area contributed by atoms with Crippen LogP contribution in [0.3, 0.4) is 0 Å². The van der Waals surface area contributed by atoms with E-state index in [1.807, 2.05) is 0 Å². The predicted octanol–water partition coefficient (Wildman–Crippen LogP) is 1.79. The van der Waals surface area contributed by atoms with Crippen molar-refractivity contribution in [3.63, 3.8) is 0 Å². The first-order valence-electron chi connectivity index (χ1n) is 3.79.